The molecule has 3 N–H and O–H groups in total. The molecule has 0 bridgehead atoms. The summed E-state index contributed by atoms with van der Waals surface area (Å²) in [4.78, 5) is 14.4. The van der Waals surface area contributed by atoms with E-state index in [2.05, 4.69) is 37.1 Å². The van der Waals surface area contributed by atoms with Gasteiger partial charge in [0.05, 0.1) is 6.54 Å². The zero-order chi connectivity index (χ0) is 15.4. The molecule has 1 saturated heterocycles. The van der Waals surface area contributed by atoms with Crippen molar-refractivity contribution in [1.82, 2.24) is 4.90 Å². The number of hydrogen-bond acceptors (Lipinski definition) is 3. The maximum Gasteiger partial charge on any atom is 0.238 e. The number of carbonyl (C=O) groups excluding carboxylic acids is 1. The fourth-order valence-electron chi connectivity index (χ4n) is 3.15. The van der Waals surface area contributed by atoms with Gasteiger partial charge in [0.15, 0.2) is 0 Å². The molecular weight excluding hydrogens is 262 g/mol. The van der Waals surface area contributed by atoms with Gasteiger partial charge in [0, 0.05) is 24.8 Å². The predicted octanol–water partition coefficient (Wildman–Crippen LogP) is 2.42. The Balaban J connectivity index is 1.96. The number of piperidine rings is 1. The minimum absolute atomic E-state index is 0.0457. The molecule has 1 heterocycles. The van der Waals surface area contributed by atoms with Crippen LogP contribution in [0.2, 0.25) is 0 Å². The summed E-state index contributed by atoms with van der Waals surface area (Å²) in [5, 5.41) is 3.05. The molecule has 0 radical (unpaired) electrons. The third kappa shape index (κ3) is 4.55. The van der Waals surface area contributed by atoms with Crippen molar-refractivity contribution in [2.45, 2.75) is 39.2 Å². The van der Waals surface area contributed by atoms with Gasteiger partial charge in [0.2, 0.25) is 5.91 Å². The standard InChI is InChI=1S/C17H27N3O/c1-12(2)15-6-4-5-7-16(15)19-17(21)11-20-9-13(3)8-14(18)10-20/h4-7,12-14H,8-11,18H2,1-3H3,(H,19,21). The number of nitrogens with one attached hydrogen (secondary N) is 1. The van der Waals surface area contributed by atoms with E-state index in [9.17, 15) is 4.79 Å². The van der Waals surface area contributed by atoms with E-state index in [1.165, 1.54) is 5.56 Å². The molecule has 2 rings (SSSR count). The highest BCUT2D eigenvalue weighted by Crippen LogP contribution is 2.23. The second kappa shape index (κ2) is 7.05. The molecule has 0 aromatic heterocycles. The number of carbonyl (C=O) groups is 1. The Morgan fingerprint density at radius 2 is 2.10 bits per heavy atom. The molecule has 116 valence electrons. The number of likely N-dealkylation sites (tertiary alicyclic amines) is 1. The molecule has 2 unspecified atom stereocenters. The first-order valence-corrected chi connectivity index (χ1v) is 7.82. The van der Waals surface area contributed by atoms with Gasteiger partial charge in [-0.3, -0.25) is 9.69 Å². The minimum Gasteiger partial charge on any atom is -0.327 e. The molecule has 2 atom stereocenters. The monoisotopic (exact) mass is 289 g/mol. The molecule has 4 nitrogen and oxygen atoms in total. The molecule has 0 aliphatic carbocycles. The van der Waals surface area contributed by atoms with Crippen LogP contribution in [0.4, 0.5) is 5.69 Å². The predicted molar refractivity (Wildman–Crippen MR) is 87.4 cm³/mol. The van der Waals surface area contributed by atoms with Crippen molar-refractivity contribution < 1.29 is 4.79 Å². The Morgan fingerprint density at radius 3 is 2.76 bits per heavy atom. The zero-order valence-corrected chi connectivity index (χ0v) is 13.3. The van der Waals surface area contributed by atoms with Crippen LogP contribution in [0.15, 0.2) is 24.3 Å². The first-order chi connectivity index (χ1) is 9.95. The summed E-state index contributed by atoms with van der Waals surface area (Å²) in [7, 11) is 0. The lowest BCUT2D eigenvalue weighted by Crippen LogP contribution is -2.48. The van der Waals surface area contributed by atoms with E-state index in [0.717, 1.165) is 25.2 Å². The first kappa shape index (κ1) is 16.0. The van der Waals surface area contributed by atoms with Crippen molar-refractivity contribution in [1.29, 1.82) is 0 Å². The third-order valence-corrected chi connectivity index (χ3v) is 3.99. The first-order valence-electron chi connectivity index (χ1n) is 7.82. The Labute approximate surface area is 127 Å². The molecule has 1 aliphatic rings. The number of anilines is 1. The van der Waals surface area contributed by atoms with Gasteiger partial charge < -0.3 is 11.1 Å². The van der Waals surface area contributed by atoms with Crippen molar-refractivity contribution in [3.8, 4) is 0 Å². The van der Waals surface area contributed by atoms with Gasteiger partial charge in [-0.25, -0.2) is 0 Å². The average molecular weight is 289 g/mol. The van der Waals surface area contributed by atoms with Crippen molar-refractivity contribution in [2.75, 3.05) is 25.0 Å². The van der Waals surface area contributed by atoms with E-state index < -0.39 is 0 Å². The van der Waals surface area contributed by atoms with Gasteiger partial charge in [-0.05, 0) is 29.9 Å². The van der Waals surface area contributed by atoms with E-state index >= 15 is 0 Å². The lowest BCUT2D eigenvalue weighted by Gasteiger charge is -2.34. The number of nitrogens with two attached hydrogens (primary N) is 1. The quantitative estimate of drug-likeness (QED) is 0.895. The summed E-state index contributed by atoms with van der Waals surface area (Å²) in [6.45, 7) is 8.64. The molecule has 1 fully saturated rings. The summed E-state index contributed by atoms with van der Waals surface area (Å²) >= 11 is 0. The van der Waals surface area contributed by atoms with Crippen LogP contribution in [0, 0.1) is 5.92 Å². The van der Waals surface area contributed by atoms with E-state index in [4.69, 9.17) is 5.73 Å². The second-order valence-corrected chi connectivity index (χ2v) is 6.59. The molecule has 21 heavy (non-hydrogen) atoms. The van der Waals surface area contributed by atoms with Crippen molar-refractivity contribution in [2.24, 2.45) is 11.7 Å². The molecule has 1 aromatic carbocycles. The SMILES string of the molecule is CC1CC(N)CN(CC(=O)Nc2ccccc2C(C)C)C1. The van der Waals surface area contributed by atoms with Crippen LogP contribution in [0.25, 0.3) is 0 Å². The van der Waals surface area contributed by atoms with E-state index in [0.29, 0.717) is 18.4 Å². The number of rotatable bonds is 4. The van der Waals surface area contributed by atoms with Crippen LogP contribution in [0.5, 0.6) is 0 Å². The van der Waals surface area contributed by atoms with Crippen LogP contribution in [-0.2, 0) is 4.79 Å². The average Bonchev–Trinajstić information content (AvgIpc) is 2.37. The van der Waals surface area contributed by atoms with Crippen molar-refractivity contribution >= 4 is 11.6 Å². The molecule has 1 aliphatic heterocycles. The summed E-state index contributed by atoms with van der Waals surface area (Å²) < 4.78 is 0. The van der Waals surface area contributed by atoms with Crippen LogP contribution in [0.1, 0.15) is 38.7 Å². The third-order valence-electron chi connectivity index (χ3n) is 3.99. The highest BCUT2D eigenvalue weighted by molar-refractivity contribution is 5.93. The van der Waals surface area contributed by atoms with Gasteiger partial charge in [0.25, 0.3) is 0 Å². The maximum atomic E-state index is 12.3. The largest absolute Gasteiger partial charge is 0.327 e. The Kier molecular flexibility index (Phi) is 5.37. The molecule has 0 spiro atoms. The van der Waals surface area contributed by atoms with Gasteiger partial charge >= 0.3 is 0 Å². The van der Waals surface area contributed by atoms with Gasteiger partial charge in [-0.15, -0.1) is 0 Å². The Morgan fingerprint density at radius 1 is 1.38 bits per heavy atom. The van der Waals surface area contributed by atoms with Gasteiger partial charge in [0.1, 0.15) is 0 Å². The van der Waals surface area contributed by atoms with Crippen LogP contribution >= 0.6 is 0 Å². The lowest BCUT2D eigenvalue weighted by molar-refractivity contribution is -0.117. The number of amides is 1. The maximum absolute atomic E-state index is 12.3. The number of para-hydroxylation sites is 1. The molecule has 1 amide bonds. The summed E-state index contributed by atoms with van der Waals surface area (Å²) in [6, 6.07) is 8.19. The highest BCUT2D eigenvalue weighted by Gasteiger charge is 2.23. The molecule has 1 aromatic rings. The molecule has 0 saturated carbocycles. The zero-order valence-electron chi connectivity index (χ0n) is 13.3. The summed E-state index contributed by atoms with van der Waals surface area (Å²) in [5.41, 5.74) is 8.13. The summed E-state index contributed by atoms with van der Waals surface area (Å²) in [6.07, 6.45) is 1.05. The highest BCUT2D eigenvalue weighted by atomic mass is 16.2. The fraction of sp³-hybridized carbons (Fsp3) is 0.588. The normalized spacial score (nSPS) is 23.3. The topological polar surface area (TPSA) is 58.4 Å². The van der Waals surface area contributed by atoms with Crippen LogP contribution < -0.4 is 11.1 Å². The van der Waals surface area contributed by atoms with Gasteiger partial charge in [-0.2, -0.15) is 0 Å². The molecular formula is C17H27N3O. The smallest absolute Gasteiger partial charge is 0.238 e. The number of benzene rings is 1. The number of hydrogen-bond donors (Lipinski definition) is 2. The lowest BCUT2D eigenvalue weighted by atomic mass is 9.96. The Hall–Kier alpha value is -1.39. The van der Waals surface area contributed by atoms with Gasteiger partial charge in [-0.1, -0.05) is 39.0 Å². The van der Waals surface area contributed by atoms with Crippen LogP contribution in [-0.4, -0.2) is 36.5 Å². The number of nitrogens with zero attached hydrogens (tertiary/aromatic N) is 1. The Bertz CT molecular complexity index is 477. The summed E-state index contributed by atoms with van der Waals surface area (Å²) in [5.74, 6) is 0.999. The van der Waals surface area contributed by atoms with E-state index in [-0.39, 0.29) is 11.9 Å². The fourth-order valence-corrected chi connectivity index (χ4v) is 3.15. The van der Waals surface area contributed by atoms with Crippen molar-refractivity contribution in [3.05, 3.63) is 29.8 Å². The second-order valence-electron chi connectivity index (χ2n) is 6.59. The van der Waals surface area contributed by atoms with Crippen LogP contribution in [0.3, 0.4) is 0 Å². The minimum atomic E-state index is 0.0457. The van der Waals surface area contributed by atoms with Crippen molar-refractivity contribution in [3.63, 3.8) is 0 Å². The van der Waals surface area contributed by atoms with E-state index in [1.54, 1.807) is 0 Å². The van der Waals surface area contributed by atoms with E-state index in [1.807, 2.05) is 18.2 Å². The molecule has 4 heteroatoms.